The van der Waals surface area contributed by atoms with Gasteiger partial charge in [-0.2, -0.15) is 0 Å². The van der Waals surface area contributed by atoms with Crippen LogP contribution in [-0.2, 0) is 16.1 Å². The molecule has 0 aliphatic rings. The molecule has 1 aromatic carbocycles. The van der Waals surface area contributed by atoms with E-state index in [1.165, 1.54) is 6.92 Å². The molecule has 0 spiro atoms. The lowest BCUT2D eigenvalue weighted by molar-refractivity contribution is -0.126. The van der Waals surface area contributed by atoms with Gasteiger partial charge in [-0.1, -0.05) is 6.07 Å². The van der Waals surface area contributed by atoms with Gasteiger partial charge in [0.2, 0.25) is 11.8 Å². The molecule has 0 aliphatic carbocycles. The standard InChI is InChI=1S/C17H17N3O3/c1-12(21)13-5-7-14(8-6-13)20-17(23)10-16(22)19-11-15-4-2-3-9-18-15/h2-9H,10-11H2,1H3,(H,19,22)(H,20,23). The van der Waals surface area contributed by atoms with E-state index in [-0.39, 0.29) is 24.7 Å². The van der Waals surface area contributed by atoms with Gasteiger partial charge < -0.3 is 10.6 Å². The fraction of sp³-hybridized carbons (Fsp3) is 0.176. The average Bonchev–Trinajstić information content (AvgIpc) is 2.54. The van der Waals surface area contributed by atoms with Gasteiger partial charge in [-0.05, 0) is 43.3 Å². The van der Waals surface area contributed by atoms with Crippen molar-refractivity contribution in [3.8, 4) is 0 Å². The Bertz CT molecular complexity index is 697. The van der Waals surface area contributed by atoms with Crippen molar-refractivity contribution in [3.05, 3.63) is 59.9 Å². The summed E-state index contributed by atoms with van der Waals surface area (Å²) in [5.41, 5.74) is 1.83. The minimum absolute atomic E-state index is 0.0447. The van der Waals surface area contributed by atoms with Crippen LogP contribution in [0.2, 0.25) is 0 Å². The zero-order valence-electron chi connectivity index (χ0n) is 12.7. The van der Waals surface area contributed by atoms with Crippen LogP contribution in [-0.4, -0.2) is 22.6 Å². The van der Waals surface area contributed by atoms with E-state index in [1.54, 1.807) is 42.6 Å². The van der Waals surface area contributed by atoms with E-state index in [9.17, 15) is 14.4 Å². The zero-order valence-corrected chi connectivity index (χ0v) is 12.7. The van der Waals surface area contributed by atoms with Crippen LogP contribution in [0, 0.1) is 0 Å². The molecule has 0 saturated heterocycles. The minimum atomic E-state index is -0.418. The number of nitrogens with zero attached hydrogens (tertiary/aromatic N) is 1. The molecule has 1 aromatic heterocycles. The maximum atomic E-state index is 11.8. The van der Waals surface area contributed by atoms with Crippen LogP contribution in [0.1, 0.15) is 29.4 Å². The number of nitrogens with one attached hydrogen (secondary N) is 2. The van der Waals surface area contributed by atoms with Crippen LogP contribution in [0.4, 0.5) is 5.69 Å². The number of Topliss-reactive ketones (excluding diaryl/α,β-unsaturated/α-hetero) is 1. The largest absolute Gasteiger partial charge is 0.350 e. The van der Waals surface area contributed by atoms with E-state index in [1.807, 2.05) is 6.07 Å². The Labute approximate surface area is 133 Å². The molecule has 23 heavy (non-hydrogen) atoms. The smallest absolute Gasteiger partial charge is 0.233 e. The summed E-state index contributed by atoms with van der Waals surface area (Å²) in [4.78, 5) is 38.8. The van der Waals surface area contributed by atoms with Crippen LogP contribution in [0.15, 0.2) is 48.7 Å². The summed E-state index contributed by atoms with van der Waals surface area (Å²) in [7, 11) is 0. The van der Waals surface area contributed by atoms with E-state index >= 15 is 0 Å². The number of anilines is 1. The van der Waals surface area contributed by atoms with Crippen molar-refractivity contribution in [2.24, 2.45) is 0 Å². The van der Waals surface area contributed by atoms with Gasteiger partial charge in [0, 0.05) is 17.4 Å². The molecule has 0 fully saturated rings. The number of carbonyl (C=O) groups is 3. The van der Waals surface area contributed by atoms with Gasteiger partial charge in [0.1, 0.15) is 6.42 Å². The van der Waals surface area contributed by atoms with Gasteiger partial charge in [-0.25, -0.2) is 0 Å². The molecule has 118 valence electrons. The first-order chi connectivity index (χ1) is 11.0. The van der Waals surface area contributed by atoms with Crippen molar-refractivity contribution < 1.29 is 14.4 Å². The molecule has 6 nitrogen and oxygen atoms in total. The number of hydrogen-bond acceptors (Lipinski definition) is 4. The number of carbonyl (C=O) groups excluding carboxylic acids is 3. The number of hydrogen-bond donors (Lipinski definition) is 2. The number of amides is 2. The maximum Gasteiger partial charge on any atom is 0.233 e. The van der Waals surface area contributed by atoms with Crippen LogP contribution < -0.4 is 10.6 Å². The second-order valence-corrected chi connectivity index (χ2v) is 4.96. The topological polar surface area (TPSA) is 88.2 Å². The fourth-order valence-electron chi connectivity index (χ4n) is 1.89. The summed E-state index contributed by atoms with van der Waals surface area (Å²) < 4.78 is 0. The van der Waals surface area contributed by atoms with Crippen LogP contribution in [0.5, 0.6) is 0 Å². The maximum absolute atomic E-state index is 11.8. The molecule has 2 amide bonds. The van der Waals surface area contributed by atoms with Crippen molar-refractivity contribution in [3.63, 3.8) is 0 Å². The Balaban J connectivity index is 1.79. The number of aromatic nitrogens is 1. The molecule has 2 aromatic rings. The Kier molecular flexibility index (Phi) is 5.57. The van der Waals surface area contributed by atoms with Crippen molar-refractivity contribution in [2.75, 3.05) is 5.32 Å². The predicted octanol–water partition coefficient (Wildman–Crippen LogP) is 1.93. The first-order valence-electron chi connectivity index (χ1n) is 7.12. The van der Waals surface area contributed by atoms with Gasteiger partial charge in [0.15, 0.2) is 5.78 Å². The van der Waals surface area contributed by atoms with Crippen LogP contribution >= 0.6 is 0 Å². The van der Waals surface area contributed by atoms with E-state index in [0.29, 0.717) is 11.3 Å². The fourth-order valence-corrected chi connectivity index (χ4v) is 1.89. The van der Waals surface area contributed by atoms with Gasteiger partial charge in [0.25, 0.3) is 0 Å². The van der Waals surface area contributed by atoms with Gasteiger partial charge in [-0.3, -0.25) is 19.4 Å². The molecule has 0 bridgehead atoms. The summed E-state index contributed by atoms with van der Waals surface area (Å²) in [6.45, 7) is 1.75. The van der Waals surface area contributed by atoms with Gasteiger partial charge >= 0.3 is 0 Å². The third-order valence-corrected chi connectivity index (χ3v) is 3.09. The molecule has 0 aliphatic heterocycles. The van der Waals surface area contributed by atoms with E-state index in [2.05, 4.69) is 15.6 Å². The predicted molar refractivity (Wildman–Crippen MR) is 85.8 cm³/mol. The Hall–Kier alpha value is -3.02. The number of ketones is 1. The highest BCUT2D eigenvalue weighted by molar-refractivity contribution is 6.03. The second-order valence-electron chi connectivity index (χ2n) is 4.96. The molecular weight excluding hydrogens is 294 g/mol. The molecular formula is C17H17N3O3. The summed E-state index contributed by atoms with van der Waals surface area (Å²) in [6.07, 6.45) is 1.36. The number of rotatable bonds is 6. The first kappa shape index (κ1) is 16.4. The minimum Gasteiger partial charge on any atom is -0.350 e. The second kappa shape index (κ2) is 7.84. The lowest BCUT2D eigenvalue weighted by Crippen LogP contribution is -2.28. The Morgan fingerprint density at radius 3 is 2.35 bits per heavy atom. The SMILES string of the molecule is CC(=O)c1ccc(NC(=O)CC(=O)NCc2ccccn2)cc1. The van der Waals surface area contributed by atoms with E-state index < -0.39 is 5.91 Å². The lowest BCUT2D eigenvalue weighted by atomic mass is 10.1. The quantitative estimate of drug-likeness (QED) is 0.630. The summed E-state index contributed by atoms with van der Waals surface area (Å²) >= 11 is 0. The zero-order chi connectivity index (χ0) is 16.7. The average molecular weight is 311 g/mol. The molecule has 0 atom stereocenters. The van der Waals surface area contributed by atoms with Crippen LogP contribution in [0.25, 0.3) is 0 Å². The van der Waals surface area contributed by atoms with Crippen molar-refractivity contribution in [2.45, 2.75) is 19.9 Å². The monoisotopic (exact) mass is 311 g/mol. The molecule has 1 heterocycles. The molecule has 0 saturated carbocycles. The summed E-state index contributed by atoms with van der Waals surface area (Å²) in [6, 6.07) is 11.9. The highest BCUT2D eigenvalue weighted by Gasteiger charge is 2.10. The normalized spacial score (nSPS) is 9.96. The van der Waals surface area contributed by atoms with E-state index in [4.69, 9.17) is 0 Å². The van der Waals surface area contributed by atoms with E-state index in [0.717, 1.165) is 5.69 Å². The molecule has 2 rings (SSSR count). The summed E-state index contributed by atoms with van der Waals surface area (Å²) in [5, 5.41) is 5.24. The molecule has 0 unspecified atom stereocenters. The number of pyridine rings is 1. The van der Waals surface area contributed by atoms with Crippen molar-refractivity contribution >= 4 is 23.3 Å². The third kappa shape index (κ3) is 5.35. The Morgan fingerprint density at radius 1 is 1.00 bits per heavy atom. The first-order valence-corrected chi connectivity index (χ1v) is 7.12. The van der Waals surface area contributed by atoms with Gasteiger partial charge in [-0.15, -0.1) is 0 Å². The van der Waals surface area contributed by atoms with Crippen molar-refractivity contribution in [1.29, 1.82) is 0 Å². The van der Waals surface area contributed by atoms with Crippen molar-refractivity contribution in [1.82, 2.24) is 10.3 Å². The molecule has 6 heteroatoms. The highest BCUT2D eigenvalue weighted by Crippen LogP contribution is 2.10. The molecule has 2 N–H and O–H groups in total. The highest BCUT2D eigenvalue weighted by atomic mass is 16.2. The third-order valence-electron chi connectivity index (χ3n) is 3.09. The molecule has 0 radical (unpaired) electrons. The summed E-state index contributed by atoms with van der Waals surface area (Å²) in [5.74, 6) is -0.843. The Morgan fingerprint density at radius 2 is 1.74 bits per heavy atom. The van der Waals surface area contributed by atoms with Crippen LogP contribution in [0.3, 0.4) is 0 Å². The van der Waals surface area contributed by atoms with Gasteiger partial charge in [0.05, 0.1) is 12.2 Å². The number of benzene rings is 1. The lowest BCUT2D eigenvalue weighted by Gasteiger charge is -2.07.